The molecule has 1 aromatic rings. The van der Waals surface area contributed by atoms with Crippen molar-refractivity contribution in [1.29, 1.82) is 0 Å². The summed E-state index contributed by atoms with van der Waals surface area (Å²) >= 11 is 0. The molecular formula is C13H19N3O. The molecule has 0 radical (unpaired) electrons. The first-order valence-electron chi connectivity index (χ1n) is 5.57. The first-order valence-corrected chi connectivity index (χ1v) is 5.57. The van der Waals surface area contributed by atoms with Gasteiger partial charge in [0.25, 0.3) is 0 Å². The molecule has 1 unspecified atom stereocenters. The molecule has 4 nitrogen and oxygen atoms in total. The minimum Gasteiger partial charge on any atom is -0.461 e. The third kappa shape index (κ3) is 3.63. The summed E-state index contributed by atoms with van der Waals surface area (Å²) < 4.78 is 5.51. The molecule has 1 N–H and O–H groups in total. The van der Waals surface area contributed by atoms with Crippen LogP contribution in [0.5, 0.6) is 5.88 Å². The van der Waals surface area contributed by atoms with Crippen molar-refractivity contribution < 1.29 is 4.74 Å². The molecule has 0 amide bonds. The van der Waals surface area contributed by atoms with Crippen molar-refractivity contribution in [3.8, 4) is 18.2 Å². The van der Waals surface area contributed by atoms with Crippen molar-refractivity contribution >= 4 is 5.82 Å². The van der Waals surface area contributed by atoms with Gasteiger partial charge in [0.2, 0.25) is 5.88 Å². The maximum Gasteiger partial charge on any atom is 0.219 e. The molecule has 0 saturated heterocycles. The fourth-order valence-corrected chi connectivity index (χ4v) is 1.16. The maximum absolute atomic E-state index is 5.51. The van der Waals surface area contributed by atoms with Crippen LogP contribution in [0.25, 0.3) is 0 Å². The quantitative estimate of drug-likeness (QED) is 0.813. The Morgan fingerprint density at radius 1 is 1.41 bits per heavy atom. The van der Waals surface area contributed by atoms with Gasteiger partial charge in [-0.2, -0.15) is 4.98 Å². The van der Waals surface area contributed by atoms with Crippen LogP contribution in [0.1, 0.15) is 33.5 Å². The number of hydrogen-bond acceptors (Lipinski definition) is 4. The molecule has 0 aliphatic carbocycles. The van der Waals surface area contributed by atoms with Gasteiger partial charge < -0.3 is 10.1 Å². The summed E-state index contributed by atoms with van der Waals surface area (Å²) in [6.07, 6.45) is 4.98. The number of rotatable bonds is 3. The second-order valence-electron chi connectivity index (χ2n) is 4.84. The molecule has 0 fully saturated rings. The predicted molar refractivity (Wildman–Crippen MR) is 69.2 cm³/mol. The fraction of sp³-hybridized carbons (Fsp3) is 0.538. The molecule has 92 valence electrons. The maximum atomic E-state index is 5.51. The molecule has 1 rings (SSSR count). The highest BCUT2D eigenvalue weighted by atomic mass is 16.5. The number of nitrogens with zero attached hydrogens (tertiary/aromatic N) is 2. The summed E-state index contributed by atoms with van der Waals surface area (Å²) in [4.78, 5) is 8.77. The molecule has 1 atom stereocenters. The summed E-state index contributed by atoms with van der Waals surface area (Å²) in [5.41, 5.74) is -0.135. The van der Waals surface area contributed by atoms with Crippen LogP contribution < -0.4 is 10.1 Å². The molecule has 0 spiro atoms. The topological polar surface area (TPSA) is 47.0 Å². The van der Waals surface area contributed by atoms with Gasteiger partial charge >= 0.3 is 0 Å². The van der Waals surface area contributed by atoms with Crippen LogP contribution in [0.3, 0.4) is 0 Å². The van der Waals surface area contributed by atoms with E-state index in [1.807, 2.05) is 7.05 Å². The lowest BCUT2D eigenvalue weighted by Crippen LogP contribution is -2.19. The number of ether oxygens (including phenoxy) is 1. The lowest BCUT2D eigenvalue weighted by atomic mass is 9.96. The molecule has 17 heavy (non-hydrogen) atoms. The highest BCUT2D eigenvalue weighted by Gasteiger charge is 2.19. The predicted octanol–water partition coefficient (Wildman–Crippen LogP) is 2.22. The molecular weight excluding hydrogens is 214 g/mol. The Balaban J connectivity index is 3.11. The summed E-state index contributed by atoms with van der Waals surface area (Å²) in [6, 6.07) is 1.74. The Kier molecular flexibility index (Phi) is 3.95. The number of terminal acetylenes is 1. The van der Waals surface area contributed by atoms with E-state index in [0.29, 0.717) is 5.88 Å². The van der Waals surface area contributed by atoms with Gasteiger partial charge in [0.1, 0.15) is 11.6 Å². The van der Waals surface area contributed by atoms with Crippen molar-refractivity contribution in [2.24, 2.45) is 0 Å². The van der Waals surface area contributed by atoms with Gasteiger partial charge in [-0.1, -0.05) is 26.7 Å². The van der Waals surface area contributed by atoms with E-state index in [4.69, 9.17) is 11.2 Å². The fourth-order valence-electron chi connectivity index (χ4n) is 1.16. The van der Waals surface area contributed by atoms with E-state index in [9.17, 15) is 0 Å². The van der Waals surface area contributed by atoms with Crippen molar-refractivity contribution in [2.75, 3.05) is 12.4 Å². The molecule has 0 aromatic carbocycles. The second kappa shape index (κ2) is 5.05. The van der Waals surface area contributed by atoms with Crippen LogP contribution >= 0.6 is 0 Å². The molecule has 0 bridgehead atoms. The number of aromatic nitrogens is 2. The lowest BCUT2D eigenvalue weighted by Gasteiger charge is -2.19. The summed E-state index contributed by atoms with van der Waals surface area (Å²) in [5, 5.41) is 2.99. The second-order valence-corrected chi connectivity index (χ2v) is 4.84. The smallest absolute Gasteiger partial charge is 0.219 e. The van der Waals surface area contributed by atoms with E-state index in [0.717, 1.165) is 11.6 Å². The molecule has 4 heteroatoms. The zero-order valence-corrected chi connectivity index (χ0v) is 11.0. The van der Waals surface area contributed by atoms with Gasteiger partial charge in [-0.15, -0.1) is 6.42 Å². The average molecular weight is 233 g/mol. The number of nitrogens with one attached hydrogen (secondary N) is 1. The van der Waals surface area contributed by atoms with Gasteiger partial charge in [0, 0.05) is 18.5 Å². The Morgan fingerprint density at radius 2 is 2.06 bits per heavy atom. The Morgan fingerprint density at radius 3 is 2.53 bits per heavy atom. The van der Waals surface area contributed by atoms with E-state index in [1.54, 1.807) is 13.0 Å². The monoisotopic (exact) mass is 233 g/mol. The van der Waals surface area contributed by atoms with Crippen LogP contribution in [-0.2, 0) is 5.41 Å². The SMILES string of the molecule is C#CC(C)Oc1cc(NC)nc(C(C)(C)C)n1. The zero-order valence-electron chi connectivity index (χ0n) is 11.0. The lowest BCUT2D eigenvalue weighted by molar-refractivity contribution is 0.265. The number of anilines is 1. The molecule has 0 saturated carbocycles. The van der Waals surface area contributed by atoms with Crippen molar-refractivity contribution in [3.63, 3.8) is 0 Å². The highest BCUT2D eigenvalue weighted by Crippen LogP contribution is 2.23. The molecule has 1 aromatic heterocycles. The van der Waals surface area contributed by atoms with Gasteiger partial charge in [-0.25, -0.2) is 4.98 Å². The highest BCUT2D eigenvalue weighted by molar-refractivity contribution is 5.38. The van der Waals surface area contributed by atoms with Crippen molar-refractivity contribution in [3.05, 3.63) is 11.9 Å². The Hall–Kier alpha value is -1.76. The molecule has 1 heterocycles. The van der Waals surface area contributed by atoms with Crippen molar-refractivity contribution in [1.82, 2.24) is 9.97 Å². The minimum absolute atomic E-state index is 0.135. The van der Waals surface area contributed by atoms with Crippen LogP contribution in [0, 0.1) is 12.3 Å². The third-order valence-electron chi connectivity index (χ3n) is 2.16. The first kappa shape index (κ1) is 13.3. The van der Waals surface area contributed by atoms with E-state index in [2.05, 4.69) is 42.0 Å². The Labute approximate surface area is 103 Å². The normalized spacial score (nSPS) is 12.7. The van der Waals surface area contributed by atoms with Crippen LogP contribution in [0.4, 0.5) is 5.82 Å². The number of hydrogen-bond donors (Lipinski definition) is 1. The molecule has 0 aliphatic rings. The Bertz CT molecular complexity index is 429. The third-order valence-corrected chi connectivity index (χ3v) is 2.16. The van der Waals surface area contributed by atoms with Gasteiger partial charge in [-0.05, 0) is 6.92 Å². The minimum atomic E-state index is -0.303. The standard InChI is InChI=1S/C13H19N3O/c1-7-9(2)17-11-8-10(14-6)15-12(16-11)13(3,4)5/h1,8-9H,2-6H3,(H,14,15,16). The van der Waals surface area contributed by atoms with Gasteiger partial charge in [0.05, 0.1) is 0 Å². The van der Waals surface area contributed by atoms with Gasteiger partial charge in [0.15, 0.2) is 6.10 Å². The summed E-state index contributed by atoms with van der Waals surface area (Å²) in [7, 11) is 1.81. The largest absolute Gasteiger partial charge is 0.461 e. The van der Waals surface area contributed by atoms with Crippen LogP contribution in [0.2, 0.25) is 0 Å². The van der Waals surface area contributed by atoms with Gasteiger partial charge in [-0.3, -0.25) is 0 Å². The summed E-state index contributed by atoms with van der Waals surface area (Å²) in [6.45, 7) is 7.96. The summed E-state index contributed by atoms with van der Waals surface area (Å²) in [5.74, 6) is 4.46. The first-order chi connectivity index (χ1) is 7.86. The average Bonchev–Trinajstić information content (AvgIpc) is 2.27. The zero-order chi connectivity index (χ0) is 13.1. The van der Waals surface area contributed by atoms with Crippen LogP contribution in [-0.4, -0.2) is 23.1 Å². The van der Waals surface area contributed by atoms with Crippen molar-refractivity contribution in [2.45, 2.75) is 39.2 Å². The van der Waals surface area contributed by atoms with E-state index < -0.39 is 0 Å². The van der Waals surface area contributed by atoms with Crippen LogP contribution in [0.15, 0.2) is 6.07 Å². The van der Waals surface area contributed by atoms with E-state index in [-0.39, 0.29) is 11.5 Å². The van der Waals surface area contributed by atoms with E-state index in [1.165, 1.54) is 0 Å². The molecule has 0 aliphatic heterocycles. The van der Waals surface area contributed by atoms with E-state index >= 15 is 0 Å².